The number of aryl methyl sites for hydroxylation is 1. The van der Waals surface area contributed by atoms with E-state index in [1.807, 2.05) is 69.4 Å². The molecule has 6 heterocycles. The van der Waals surface area contributed by atoms with Gasteiger partial charge in [0.2, 0.25) is 5.91 Å². The van der Waals surface area contributed by atoms with Gasteiger partial charge in [-0.25, -0.2) is 5.43 Å². The molecule has 3 fully saturated rings. The van der Waals surface area contributed by atoms with Crippen LogP contribution >= 0.6 is 0 Å². The number of carbonyl (C=O) groups excluding carboxylic acids is 4. The maximum atomic E-state index is 14.9. The van der Waals surface area contributed by atoms with Crippen LogP contribution in [-0.2, 0) is 52.8 Å². The summed E-state index contributed by atoms with van der Waals surface area (Å²) in [6.07, 6.45) is 2.82. The number of fused-ring (bicyclic) bond motifs is 6. The Bertz CT molecular complexity index is 3060. The average Bonchev–Trinajstić information content (AvgIpc) is 4.23. The summed E-state index contributed by atoms with van der Waals surface area (Å²) < 4.78 is 20.6. The number of rotatable bonds is 11. The Balaban J connectivity index is 1.11. The van der Waals surface area contributed by atoms with Crippen LogP contribution in [0.3, 0.4) is 0 Å². The molecule has 0 spiro atoms. The number of hydrogen-bond acceptors (Lipinski definition) is 12. The molecule has 3 aromatic carbocycles. The molecule has 3 N–H and O–H groups in total. The number of aromatic nitrogens is 2. The summed E-state index contributed by atoms with van der Waals surface area (Å²) in [5.74, 6) is 4.56. The molecule has 9 rings (SSSR count). The molecule has 5 aromatic rings. The summed E-state index contributed by atoms with van der Waals surface area (Å²) in [5.41, 5.74) is 11.2. The highest BCUT2D eigenvalue weighted by Gasteiger charge is 2.42. The van der Waals surface area contributed by atoms with Gasteiger partial charge >= 0.3 is 5.97 Å². The summed E-state index contributed by atoms with van der Waals surface area (Å²) in [6.45, 7) is 18.1. The number of amides is 3. The molecule has 6 atom stereocenters. The maximum absolute atomic E-state index is 14.9. The SMILES string of the molecule is CCn1c(-c2cc(C#CCN3CCN(C)CC3)cnc2[C@H](C)OC)c2c3cc(ccc31)-c1cc(O)cc(c1)C[C@H](NC(=O)[C@H](C(C)C)N(C)C(=O)[C@@H]1OCC[C@@H]1c1ccccc1)C(=O)N1CCC[C@H](N1)C(=O)OCC(C)(C)C2. The molecule has 16 heteroatoms. The Morgan fingerprint density at radius 1 is 0.987 bits per heavy atom. The highest BCUT2D eigenvalue weighted by molar-refractivity contribution is 5.96. The van der Waals surface area contributed by atoms with Crippen molar-refractivity contribution in [1.29, 1.82) is 0 Å². The molecular formula is C62H78N8O8. The number of methoxy groups -OCH3 is 1. The second-order valence-electron chi connectivity index (χ2n) is 22.9. The van der Waals surface area contributed by atoms with E-state index in [0.29, 0.717) is 50.9 Å². The third kappa shape index (κ3) is 12.3. The van der Waals surface area contributed by atoms with Gasteiger partial charge in [-0.05, 0) is 111 Å². The predicted molar refractivity (Wildman–Crippen MR) is 301 cm³/mol. The lowest BCUT2D eigenvalue weighted by atomic mass is 9.84. The zero-order valence-electron chi connectivity index (χ0n) is 46.9. The van der Waals surface area contributed by atoms with Crippen molar-refractivity contribution >= 4 is 34.6 Å². The van der Waals surface area contributed by atoms with E-state index in [2.05, 4.69) is 83.0 Å². The fraction of sp³-hybridized carbons (Fsp3) is 0.500. The first kappa shape index (κ1) is 56.1. The van der Waals surface area contributed by atoms with Crippen molar-refractivity contribution in [2.45, 2.75) is 116 Å². The van der Waals surface area contributed by atoms with Crippen LogP contribution in [-0.4, -0.2) is 156 Å². The maximum Gasteiger partial charge on any atom is 0.324 e. The van der Waals surface area contributed by atoms with Gasteiger partial charge in [-0.15, -0.1) is 0 Å². The molecule has 16 nitrogen and oxygen atoms in total. The topological polar surface area (TPSA) is 171 Å². The van der Waals surface area contributed by atoms with E-state index in [9.17, 15) is 24.3 Å². The number of phenolic OH excluding ortho intramolecular Hbond substituents is 1. The minimum Gasteiger partial charge on any atom is -0.508 e. The number of esters is 1. The third-order valence-electron chi connectivity index (χ3n) is 16.1. The lowest BCUT2D eigenvalue weighted by Crippen LogP contribution is -2.62. The van der Waals surface area contributed by atoms with Gasteiger partial charge in [0.1, 0.15) is 30.0 Å². The van der Waals surface area contributed by atoms with Crippen LogP contribution in [0.2, 0.25) is 0 Å². The Morgan fingerprint density at radius 2 is 1.76 bits per heavy atom. The van der Waals surface area contributed by atoms with Crippen molar-refractivity contribution in [3.05, 3.63) is 107 Å². The Labute approximate surface area is 459 Å². The van der Waals surface area contributed by atoms with E-state index in [-0.39, 0.29) is 49.2 Å². The van der Waals surface area contributed by atoms with Gasteiger partial charge in [-0.3, -0.25) is 34.1 Å². The van der Waals surface area contributed by atoms with Crippen molar-refractivity contribution in [3.63, 3.8) is 0 Å². The molecule has 414 valence electrons. The zero-order valence-corrected chi connectivity index (χ0v) is 46.9. The van der Waals surface area contributed by atoms with E-state index in [4.69, 9.17) is 19.2 Å². The van der Waals surface area contributed by atoms with E-state index in [1.165, 1.54) is 9.91 Å². The molecule has 78 heavy (non-hydrogen) atoms. The van der Waals surface area contributed by atoms with Crippen molar-refractivity contribution in [3.8, 4) is 40.0 Å². The average molecular weight is 1060 g/mol. The van der Waals surface area contributed by atoms with Gasteiger partial charge in [-0.1, -0.05) is 82.0 Å². The minimum atomic E-state index is -1.17. The van der Waals surface area contributed by atoms with Gasteiger partial charge in [0.15, 0.2) is 0 Å². The van der Waals surface area contributed by atoms with Crippen LogP contribution in [0, 0.1) is 23.2 Å². The minimum absolute atomic E-state index is 0.00801. The lowest BCUT2D eigenvalue weighted by Gasteiger charge is -2.37. The van der Waals surface area contributed by atoms with Crippen LogP contribution in [0.4, 0.5) is 0 Å². The molecule has 0 aliphatic carbocycles. The first-order valence-electron chi connectivity index (χ1n) is 27.8. The van der Waals surface area contributed by atoms with Gasteiger partial charge in [-0.2, -0.15) is 0 Å². The monoisotopic (exact) mass is 1060 g/mol. The first-order chi connectivity index (χ1) is 37.4. The van der Waals surface area contributed by atoms with E-state index < -0.39 is 47.4 Å². The molecule has 2 aromatic heterocycles. The number of nitrogens with zero attached hydrogens (tertiary/aromatic N) is 6. The highest BCUT2D eigenvalue weighted by atomic mass is 16.5. The largest absolute Gasteiger partial charge is 0.508 e. The molecule has 4 aliphatic heterocycles. The quantitative estimate of drug-likeness (QED) is 0.0907. The summed E-state index contributed by atoms with van der Waals surface area (Å²) in [6, 6.07) is 20.5. The van der Waals surface area contributed by atoms with Crippen LogP contribution in [0.1, 0.15) is 101 Å². The van der Waals surface area contributed by atoms with Gasteiger partial charge in [0.05, 0.1) is 30.6 Å². The number of benzene rings is 3. The van der Waals surface area contributed by atoms with Gasteiger partial charge < -0.3 is 39.0 Å². The normalized spacial score (nSPS) is 22.1. The highest BCUT2D eigenvalue weighted by Crippen LogP contribution is 2.43. The van der Waals surface area contributed by atoms with E-state index >= 15 is 0 Å². The molecule has 0 unspecified atom stereocenters. The van der Waals surface area contributed by atoms with Gasteiger partial charge in [0.25, 0.3) is 11.8 Å². The number of phenols is 1. The number of carbonyl (C=O) groups is 4. The first-order valence-corrected chi connectivity index (χ1v) is 27.8. The number of ether oxygens (including phenoxy) is 3. The number of nitrogens with one attached hydrogen (secondary N) is 2. The number of likely N-dealkylation sites (N-methyl/N-ethyl adjacent to an activating group) is 2. The molecule has 3 amide bonds. The van der Waals surface area contributed by atoms with Crippen LogP contribution in [0.5, 0.6) is 5.75 Å². The zero-order chi connectivity index (χ0) is 55.4. The fourth-order valence-electron chi connectivity index (χ4n) is 11.8. The summed E-state index contributed by atoms with van der Waals surface area (Å²) in [5, 5.41) is 17.0. The lowest BCUT2D eigenvalue weighted by molar-refractivity contribution is -0.155. The number of hydrazine groups is 1. The third-order valence-corrected chi connectivity index (χ3v) is 16.1. The second kappa shape index (κ2) is 24.2. The number of piperazine rings is 1. The van der Waals surface area contributed by atoms with E-state index in [0.717, 1.165) is 81.9 Å². The van der Waals surface area contributed by atoms with Crippen LogP contribution in [0.15, 0.2) is 79.0 Å². The molecule has 0 saturated carbocycles. The molecule has 4 aliphatic rings. The molecule has 6 bridgehead atoms. The standard InChI is InChI=1S/C62H78N8O8/c1-10-69-53-21-20-44-35-48(53)50(56(69)49-32-41(37-63-54(49)40(4)76-9)16-14-23-68-27-25-66(7)26-28-68)36-62(5,6)38-78-61(75)51-19-15-24-70(65-51)59(73)52(33-42-30-45(44)34-46(71)31-42)64-58(72)55(39(2)3)67(8)60(74)57-47(22-29-77-57)43-17-12-11-13-18-43/h11-13,17-18,20-21,30-32,34-35,37,39-40,47,51-52,55,57,65,71H,10,15,19,22-29,33,36,38H2,1-9H3,(H,64,72)/t40-,47+,51-,52-,55-,57+/m0/s1. The van der Waals surface area contributed by atoms with Crippen molar-refractivity contribution < 1.29 is 38.5 Å². The van der Waals surface area contributed by atoms with Gasteiger partial charge in [0, 0.05) is 106 Å². The Morgan fingerprint density at radius 3 is 2.49 bits per heavy atom. The fourth-order valence-corrected chi connectivity index (χ4v) is 11.8. The Kier molecular flexibility index (Phi) is 17.4. The molecular weight excluding hydrogens is 985 g/mol. The molecule has 0 radical (unpaired) electrons. The van der Waals surface area contributed by atoms with Crippen molar-refractivity contribution in [1.82, 2.24) is 40.0 Å². The number of aromatic hydroxyl groups is 1. The predicted octanol–water partition coefficient (Wildman–Crippen LogP) is 7.11. The second-order valence-corrected chi connectivity index (χ2v) is 22.9. The number of cyclic esters (lactones) is 1. The van der Waals surface area contributed by atoms with E-state index in [1.54, 1.807) is 26.3 Å². The Hall–Kier alpha value is -6.61. The molecule has 3 saturated heterocycles. The summed E-state index contributed by atoms with van der Waals surface area (Å²) in [4.78, 5) is 69.5. The smallest absolute Gasteiger partial charge is 0.324 e. The van der Waals surface area contributed by atoms with Crippen molar-refractivity contribution in [2.24, 2.45) is 11.3 Å². The van der Waals surface area contributed by atoms with Crippen molar-refractivity contribution in [2.75, 3.05) is 73.7 Å². The summed E-state index contributed by atoms with van der Waals surface area (Å²) in [7, 11) is 5.45. The number of pyridine rings is 1. The number of hydrogen-bond donors (Lipinski definition) is 3. The van der Waals surface area contributed by atoms with Crippen LogP contribution in [0.25, 0.3) is 33.3 Å². The van der Waals surface area contributed by atoms with Crippen LogP contribution < -0.4 is 10.7 Å². The summed E-state index contributed by atoms with van der Waals surface area (Å²) >= 11 is 0.